The lowest BCUT2D eigenvalue weighted by Gasteiger charge is -2.33. The summed E-state index contributed by atoms with van der Waals surface area (Å²) in [5.41, 5.74) is 0. The van der Waals surface area contributed by atoms with Crippen LogP contribution < -0.4 is 5.32 Å². The number of rotatable bonds is 4. The number of alkyl halides is 3. The number of hydrogen-bond acceptors (Lipinski definition) is 2. The number of halogens is 3. The topological polar surface area (TPSA) is 15.3 Å². The van der Waals surface area contributed by atoms with Gasteiger partial charge in [-0.25, -0.2) is 0 Å². The quantitative estimate of drug-likeness (QED) is 0.809. The summed E-state index contributed by atoms with van der Waals surface area (Å²) in [7, 11) is 0. The molecule has 0 spiro atoms. The van der Waals surface area contributed by atoms with Crippen LogP contribution in [0, 0.1) is 0 Å². The average Bonchev–Trinajstić information content (AvgIpc) is 2.16. The number of nitrogens with zero attached hydrogens (tertiary/aromatic N) is 1. The van der Waals surface area contributed by atoms with E-state index in [4.69, 9.17) is 0 Å². The van der Waals surface area contributed by atoms with E-state index in [9.17, 15) is 13.2 Å². The summed E-state index contributed by atoms with van der Waals surface area (Å²) in [4.78, 5) is 1.50. The highest BCUT2D eigenvalue weighted by atomic mass is 19.4. The van der Waals surface area contributed by atoms with Gasteiger partial charge in [0, 0.05) is 18.6 Å². The molecule has 0 saturated carbocycles. The van der Waals surface area contributed by atoms with Crippen LogP contribution in [0.5, 0.6) is 0 Å². The lowest BCUT2D eigenvalue weighted by Crippen LogP contribution is -2.48. The van der Waals surface area contributed by atoms with E-state index in [0.29, 0.717) is 6.54 Å². The molecule has 0 aliphatic carbocycles. The first kappa shape index (κ1) is 13.8. The van der Waals surface area contributed by atoms with Crippen LogP contribution >= 0.6 is 0 Å². The van der Waals surface area contributed by atoms with Crippen molar-refractivity contribution in [1.29, 1.82) is 0 Å². The molecule has 1 atom stereocenters. The predicted octanol–water partition coefficient (Wildman–Crippen LogP) is 2.40. The molecule has 5 heteroatoms. The molecule has 1 aliphatic rings. The van der Waals surface area contributed by atoms with E-state index in [1.54, 1.807) is 0 Å². The van der Waals surface area contributed by atoms with Crippen molar-refractivity contribution in [3.8, 4) is 0 Å². The summed E-state index contributed by atoms with van der Waals surface area (Å²) in [6.07, 6.45) is -0.854. The Kier molecular flexibility index (Phi) is 5.05. The minimum Gasteiger partial charge on any atom is -0.313 e. The Balaban J connectivity index is 2.43. The van der Waals surface area contributed by atoms with Crippen LogP contribution in [-0.2, 0) is 0 Å². The number of nitrogens with one attached hydrogen (secondary N) is 1. The highest BCUT2D eigenvalue weighted by Gasteiger charge is 2.32. The first-order valence-electron chi connectivity index (χ1n) is 5.92. The van der Waals surface area contributed by atoms with Crippen LogP contribution in [0.2, 0.25) is 0 Å². The largest absolute Gasteiger partial charge is 0.401 e. The molecule has 0 radical (unpaired) electrons. The van der Waals surface area contributed by atoms with Crippen LogP contribution in [0.3, 0.4) is 0 Å². The van der Waals surface area contributed by atoms with E-state index in [-0.39, 0.29) is 12.1 Å². The number of piperidine rings is 1. The lowest BCUT2D eigenvalue weighted by molar-refractivity contribution is -0.150. The molecule has 1 fully saturated rings. The van der Waals surface area contributed by atoms with Crippen LogP contribution in [0.25, 0.3) is 0 Å². The monoisotopic (exact) mass is 238 g/mol. The van der Waals surface area contributed by atoms with Crippen LogP contribution in [0.4, 0.5) is 13.2 Å². The smallest absolute Gasteiger partial charge is 0.313 e. The molecule has 16 heavy (non-hydrogen) atoms. The first-order valence-corrected chi connectivity index (χ1v) is 5.92. The first-order chi connectivity index (χ1) is 7.38. The third-order valence-electron chi connectivity index (χ3n) is 2.98. The summed E-state index contributed by atoms with van der Waals surface area (Å²) >= 11 is 0. The standard InChI is InChI=1S/C11H21F3N2/c1-9(2)16(8-11(12,13)14)7-10-5-3-4-6-15-10/h9-10,15H,3-8H2,1-2H3. The van der Waals surface area contributed by atoms with E-state index in [1.807, 2.05) is 13.8 Å². The Bertz CT molecular complexity index is 198. The maximum absolute atomic E-state index is 12.4. The van der Waals surface area contributed by atoms with Crippen molar-refractivity contribution in [2.24, 2.45) is 0 Å². The fourth-order valence-corrected chi connectivity index (χ4v) is 2.05. The average molecular weight is 238 g/mol. The Labute approximate surface area is 95.2 Å². The predicted molar refractivity (Wildman–Crippen MR) is 58.4 cm³/mol. The van der Waals surface area contributed by atoms with Crippen molar-refractivity contribution in [1.82, 2.24) is 10.2 Å². The fourth-order valence-electron chi connectivity index (χ4n) is 2.05. The van der Waals surface area contributed by atoms with Crippen molar-refractivity contribution in [2.45, 2.75) is 51.4 Å². The zero-order chi connectivity index (χ0) is 12.2. The van der Waals surface area contributed by atoms with Gasteiger partial charge in [0.2, 0.25) is 0 Å². The van der Waals surface area contributed by atoms with Crippen molar-refractivity contribution < 1.29 is 13.2 Å². The Morgan fingerprint density at radius 3 is 2.44 bits per heavy atom. The molecule has 1 heterocycles. The molecular weight excluding hydrogens is 217 g/mol. The highest BCUT2D eigenvalue weighted by molar-refractivity contribution is 4.78. The molecule has 1 saturated heterocycles. The van der Waals surface area contributed by atoms with Crippen molar-refractivity contribution >= 4 is 0 Å². The summed E-state index contributed by atoms with van der Waals surface area (Å²) in [6, 6.07) is 0.156. The molecule has 0 amide bonds. The van der Waals surface area contributed by atoms with Crippen molar-refractivity contribution in [2.75, 3.05) is 19.6 Å². The molecule has 0 aromatic heterocycles. The molecule has 1 rings (SSSR count). The Hall–Kier alpha value is -0.290. The highest BCUT2D eigenvalue weighted by Crippen LogP contribution is 2.19. The van der Waals surface area contributed by atoms with Crippen LogP contribution in [-0.4, -0.2) is 42.8 Å². The maximum atomic E-state index is 12.4. The molecule has 1 aliphatic heterocycles. The van der Waals surface area contributed by atoms with Crippen LogP contribution in [0.1, 0.15) is 33.1 Å². The van der Waals surface area contributed by atoms with E-state index in [2.05, 4.69) is 5.32 Å². The molecule has 0 aromatic carbocycles. The van der Waals surface area contributed by atoms with Gasteiger partial charge in [0.1, 0.15) is 0 Å². The molecule has 0 bridgehead atoms. The van der Waals surface area contributed by atoms with Gasteiger partial charge in [0.05, 0.1) is 6.54 Å². The zero-order valence-electron chi connectivity index (χ0n) is 9.98. The second kappa shape index (κ2) is 5.87. The van der Waals surface area contributed by atoms with Crippen LogP contribution in [0.15, 0.2) is 0 Å². The molecule has 2 nitrogen and oxygen atoms in total. The number of hydrogen-bond donors (Lipinski definition) is 1. The van der Waals surface area contributed by atoms with Gasteiger partial charge >= 0.3 is 6.18 Å². The van der Waals surface area contributed by atoms with Gasteiger partial charge in [-0.15, -0.1) is 0 Å². The van der Waals surface area contributed by atoms with Gasteiger partial charge in [-0.05, 0) is 33.2 Å². The van der Waals surface area contributed by atoms with Gasteiger partial charge in [-0.3, -0.25) is 4.90 Å². The van der Waals surface area contributed by atoms with E-state index < -0.39 is 12.7 Å². The minimum atomic E-state index is -4.10. The molecule has 96 valence electrons. The zero-order valence-corrected chi connectivity index (χ0v) is 9.98. The molecule has 1 N–H and O–H groups in total. The molecule has 1 unspecified atom stereocenters. The summed E-state index contributed by atoms with van der Waals surface area (Å²) < 4.78 is 37.1. The minimum absolute atomic E-state index is 0.0645. The summed E-state index contributed by atoms with van der Waals surface area (Å²) in [6.45, 7) is 4.26. The van der Waals surface area contributed by atoms with E-state index in [0.717, 1.165) is 25.8 Å². The van der Waals surface area contributed by atoms with Gasteiger partial charge < -0.3 is 5.32 Å². The summed E-state index contributed by atoms with van der Waals surface area (Å²) in [5, 5.41) is 3.28. The maximum Gasteiger partial charge on any atom is 0.401 e. The van der Waals surface area contributed by atoms with Crippen molar-refractivity contribution in [3.63, 3.8) is 0 Å². The molecule has 0 aromatic rings. The SMILES string of the molecule is CC(C)N(CC1CCCCN1)CC(F)(F)F. The van der Waals surface area contributed by atoms with E-state index >= 15 is 0 Å². The fraction of sp³-hybridized carbons (Fsp3) is 1.00. The van der Waals surface area contributed by atoms with Gasteiger partial charge in [-0.2, -0.15) is 13.2 Å². The van der Waals surface area contributed by atoms with E-state index in [1.165, 1.54) is 4.90 Å². The van der Waals surface area contributed by atoms with Crippen molar-refractivity contribution in [3.05, 3.63) is 0 Å². The van der Waals surface area contributed by atoms with Gasteiger partial charge in [0.15, 0.2) is 0 Å². The Morgan fingerprint density at radius 2 is 2.00 bits per heavy atom. The second-order valence-electron chi connectivity index (χ2n) is 4.79. The second-order valence-corrected chi connectivity index (χ2v) is 4.79. The van der Waals surface area contributed by atoms with Gasteiger partial charge in [0.25, 0.3) is 0 Å². The lowest BCUT2D eigenvalue weighted by atomic mass is 10.0. The molecular formula is C11H21F3N2. The third kappa shape index (κ3) is 5.16. The normalized spacial score (nSPS) is 23.1. The summed E-state index contributed by atoms with van der Waals surface area (Å²) in [5.74, 6) is 0. The Morgan fingerprint density at radius 1 is 1.31 bits per heavy atom. The van der Waals surface area contributed by atoms with Gasteiger partial charge in [-0.1, -0.05) is 6.42 Å². The third-order valence-corrected chi connectivity index (χ3v) is 2.98.